The molecule has 0 unspecified atom stereocenters. The van der Waals surface area contributed by atoms with Gasteiger partial charge in [0, 0.05) is 6.42 Å². The van der Waals surface area contributed by atoms with E-state index in [1.54, 1.807) is 6.26 Å². The van der Waals surface area contributed by atoms with Crippen molar-refractivity contribution in [2.45, 2.75) is 206 Å². The Balaban J connectivity index is 3.87. The van der Waals surface area contributed by atoms with Gasteiger partial charge in [-0.1, -0.05) is 161 Å². The van der Waals surface area contributed by atoms with E-state index in [-0.39, 0.29) is 13.0 Å². The number of carbonyl (C=O) groups excluding carboxylic acids is 1. The highest BCUT2D eigenvalue weighted by molar-refractivity contribution is 7.46. The Labute approximate surface area is 290 Å². The number of unbranched alkanes of at least 4 members (excludes halogenated alkanes) is 25. The van der Waals surface area contributed by atoms with Crippen molar-refractivity contribution in [2.75, 3.05) is 13.2 Å². The first-order valence-corrected chi connectivity index (χ1v) is 21.2. The fourth-order valence-corrected chi connectivity index (χ4v) is 6.00. The smallest absolute Gasteiger partial charge is 0.469 e. The van der Waals surface area contributed by atoms with Crippen molar-refractivity contribution < 1.29 is 33.1 Å². The Morgan fingerprint density at radius 1 is 0.553 bits per heavy atom. The third-order valence-corrected chi connectivity index (χ3v) is 9.05. The standard InChI is InChI=1S/C39H75O7P/c1-3-5-7-9-11-13-15-17-19-21-23-25-27-29-31-33-35-44-36-38(37-45-47(41,42)43)46-39(40)34-32-30-28-26-24-22-20-18-16-14-12-10-8-6-4-2/h18,20,33,35,38H,3-17,19,21-32,34,36-37H2,1-2H3,(H2,41,42,43)/b20-18-,35-33-/t38-/m1/s1. The largest absolute Gasteiger partial charge is 0.498 e. The van der Waals surface area contributed by atoms with Gasteiger partial charge in [0.1, 0.15) is 6.61 Å². The molecule has 0 radical (unpaired) electrons. The van der Waals surface area contributed by atoms with E-state index < -0.39 is 26.5 Å². The van der Waals surface area contributed by atoms with Crippen LogP contribution in [0.5, 0.6) is 0 Å². The fourth-order valence-electron chi connectivity index (χ4n) is 5.64. The quantitative estimate of drug-likeness (QED) is 0.0220. The van der Waals surface area contributed by atoms with Gasteiger partial charge < -0.3 is 19.3 Å². The minimum Gasteiger partial charge on any atom is -0.498 e. The van der Waals surface area contributed by atoms with Crippen LogP contribution in [0.4, 0.5) is 0 Å². The second kappa shape index (κ2) is 36.1. The first-order chi connectivity index (χ1) is 22.9. The van der Waals surface area contributed by atoms with Crippen LogP contribution in [0, 0.1) is 0 Å². The third kappa shape index (κ3) is 39.2. The van der Waals surface area contributed by atoms with Crippen molar-refractivity contribution in [3.05, 3.63) is 24.5 Å². The summed E-state index contributed by atoms with van der Waals surface area (Å²) in [7, 11) is -4.66. The molecule has 0 saturated carbocycles. The molecule has 0 saturated heterocycles. The van der Waals surface area contributed by atoms with E-state index in [4.69, 9.17) is 19.3 Å². The molecule has 0 aliphatic heterocycles. The molecule has 0 spiro atoms. The van der Waals surface area contributed by atoms with Crippen LogP contribution in [0.3, 0.4) is 0 Å². The molecule has 0 aromatic carbocycles. The van der Waals surface area contributed by atoms with Gasteiger partial charge in [0.25, 0.3) is 0 Å². The lowest BCUT2D eigenvalue weighted by molar-refractivity contribution is -0.153. The van der Waals surface area contributed by atoms with Crippen LogP contribution in [0.2, 0.25) is 0 Å². The molecule has 8 heteroatoms. The molecule has 0 bridgehead atoms. The number of esters is 1. The molecule has 1 atom stereocenters. The number of carbonyl (C=O) groups is 1. The zero-order chi connectivity index (χ0) is 34.5. The molecule has 0 fully saturated rings. The lowest BCUT2D eigenvalue weighted by Gasteiger charge is -2.18. The zero-order valence-electron chi connectivity index (χ0n) is 30.7. The predicted octanol–water partition coefficient (Wildman–Crippen LogP) is 12.4. The number of allylic oxidation sites excluding steroid dienone is 3. The molecule has 47 heavy (non-hydrogen) atoms. The van der Waals surface area contributed by atoms with Gasteiger partial charge >= 0.3 is 13.8 Å². The molecular formula is C39H75O7P. The Hall–Kier alpha value is -1.14. The second-order valence-electron chi connectivity index (χ2n) is 13.3. The highest BCUT2D eigenvalue weighted by atomic mass is 31.2. The summed E-state index contributed by atoms with van der Waals surface area (Å²) in [5.74, 6) is -0.392. The van der Waals surface area contributed by atoms with Crippen LogP contribution in [-0.4, -0.2) is 35.1 Å². The molecule has 0 rings (SSSR count). The molecule has 0 aliphatic carbocycles. The van der Waals surface area contributed by atoms with Crippen LogP contribution in [0.1, 0.15) is 200 Å². The van der Waals surface area contributed by atoms with Gasteiger partial charge in [0.15, 0.2) is 6.10 Å². The van der Waals surface area contributed by atoms with Crippen LogP contribution in [-0.2, 0) is 23.4 Å². The Morgan fingerprint density at radius 3 is 1.36 bits per heavy atom. The number of hydrogen-bond donors (Lipinski definition) is 2. The summed E-state index contributed by atoms with van der Waals surface area (Å²) in [5.41, 5.74) is 0. The van der Waals surface area contributed by atoms with E-state index in [0.717, 1.165) is 44.9 Å². The van der Waals surface area contributed by atoms with Gasteiger partial charge in [-0.3, -0.25) is 9.32 Å². The predicted molar refractivity (Wildman–Crippen MR) is 197 cm³/mol. The second-order valence-corrected chi connectivity index (χ2v) is 14.6. The average molecular weight is 687 g/mol. The topological polar surface area (TPSA) is 102 Å². The lowest BCUT2D eigenvalue weighted by atomic mass is 10.0. The zero-order valence-corrected chi connectivity index (χ0v) is 31.6. The molecule has 7 nitrogen and oxygen atoms in total. The minimum absolute atomic E-state index is 0.00659. The van der Waals surface area contributed by atoms with Crippen molar-refractivity contribution >= 4 is 13.8 Å². The van der Waals surface area contributed by atoms with Gasteiger partial charge in [-0.2, -0.15) is 0 Å². The van der Waals surface area contributed by atoms with Crippen LogP contribution in [0.15, 0.2) is 24.5 Å². The van der Waals surface area contributed by atoms with E-state index in [9.17, 15) is 9.36 Å². The van der Waals surface area contributed by atoms with Crippen LogP contribution >= 0.6 is 7.82 Å². The monoisotopic (exact) mass is 687 g/mol. The number of phosphoric ester groups is 1. The number of ether oxygens (including phenoxy) is 2. The van der Waals surface area contributed by atoms with Gasteiger partial charge in [-0.15, -0.1) is 0 Å². The maximum Gasteiger partial charge on any atom is 0.469 e. The Kier molecular flexibility index (Phi) is 35.3. The van der Waals surface area contributed by atoms with Crippen molar-refractivity contribution in [1.82, 2.24) is 0 Å². The number of hydrogen-bond acceptors (Lipinski definition) is 5. The van der Waals surface area contributed by atoms with Gasteiger partial charge in [0.2, 0.25) is 0 Å². The van der Waals surface area contributed by atoms with Crippen LogP contribution in [0.25, 0.3) is 0 Å². The average Bonchev–Trinajstić information content (AvgIpc) is 3.04. The summed E-state index contributed by atoms with van der Waals surface area (Å²) >= 11 is 0. The van der Waals surface area contributed by atoms with Gasteiger partial charge in [0.05, 0.1) is 12.9 Å². The van der Waals surface area contributed by atoms with E-state index in [1.807, 2.05) is 6.08 Å². The van der Waals surface area contributed by atoms with E-state index in [1.165, 1.54) is 135 Å². The molecule has 0 heterocycles. The Bertz CT molecular complexity index is 764. The molecular weight excluding hydrogens is 611 g/mol. The van der Waals surface area contributed by atoms with E-state index >= 15 is 0 Å². The summed E-state index contributed by atoms with van der Waals surface area (Å²) in [6.45, 7) is 4.10. The Morgan fingerprint density at radius 2 is 0.936 bits per heavy atom. The molecule has 0 aromatic heterocycles. The summed E-state index contributed by atoms with van der Waals surface area (Å²) in [4.78, 5) is 30.5. The fraction of sp³-hybridized carbons (Fsp3) is 0.872. The number of phosphoric acid groups is 1. The van der Waals surface area contributed by atoms with Crippen molar-refractivity contribution in [3.8, 4) is 0 Å². The molecule has 0 aromatic rings. The van der Waals surface area contributed by atoms with Crippen molar-refractivity contribution in [3.63, 3.8) is 0 Å². The van der Waals surface area contributed by atoms with Gasteiger partial charge in [-0.05, 0) is 51.0 Å². The molecule has 278 valence electrons. The maximum absolute atomic E-state index is 12.3. The lowest BCUT2D eigenvalue weighted by Crippen LogP contribution is -2.27. The molecule has 0 amide bonds. The summed E-state index contributed by atoms with van der Waals surface area (Å²) in [5, 5.41) is 0. The maximum atomic E-state index is 12.3. The van der Waals surface area contributed by atoms with Crippen LogP contribution < -0.4 is 0 Å². The normalized spacial score (nSPS) is 12.8. The summed E-state index contributed by atoms with van der Waals surface area (Å²) in [6, 6.07) is 0. The third-order valence-electron chi connectivity index (χ3n) is 8.57. The van der Waals surface area contributed by atoms with Crippen molar-refractivity contribution in [1.29, 1.82) is 0 Å². The SMILES string of the molecule is CCCCCCCC/C=C\CCCCCCCC(=O)O[C@H](CO/C=C\CCCCCCCCCCCCCCCC)COP(=O)(O)O. The van der Waals surface area contributed by atoms with Gasteiger partial charge in [-0.25, -0.2) is 4.57 Å². The highest BCUT2D eigenvalue weighted by Gasteiger charge is 2.21. The molecule has 0 aliphatic rings. The van der Waals surface area contributed by atoms with E-state index in [2.05, 4.69) is 30.5 Å². The number of rotatable bonds is 37. The molecule has 2 N–H and O–H groups in total. The van der Waals surface area contributed by atoms with E-state index in [0.29, 0.717) is 0 Å². The highest BCUT2D eigenvalue weighted by Crippen LogP contribution is 2.36. The first-order valence-electron chi connectivity index (χ1n) is 19.7. The summed E-state index contributed by atoms with van der Waals surface area (Å²) in [6.07, 6.45) is 42.6. The first kappa shape index (κ1) is 45.9. The minimum atomic E-state index is -4.66. The van der Waals surface area contributed by atoms with Crippen molar-refractivity contribution in [2.24, 2.45) is 0 Å². The summed E-state index contributed by atoms with van der Waals surface area (Å²) < 4.78 is 26.7.